The van der Waals surface area contributed by atoms with Crippen molar-refractivity contribution in [2.75, 3.05) is 10.8 Å². The number of benzene rings is 3. The van der Waals surface area contributed by atoms with Crippen LogP contribution in [0, 0.1) is 20.8 Å². The lowest BCUT2D eigenvalue weighted by atomic mass is 10.1. The molecule has 0 atom stereocenters. The van der Waals surface area contributed by atoms with Crippen LogP contribution in [-0.2, 0) is 21.4 Å². The summed E-state index contributed by atoms with van der Waals surface area (Å²) < 4.78 is 27.8. The number of anilines is 1. The third-order valence-electron chi connectivity index (χ3n) is 5.01. The van der Waals surface area contributed by atoms with E-state index < -0.39 is 10.0 Å². The van der Waals surface area contributed by atoms with E-state index in [4.69, 9.17) is 0 Å². The van der Waals surface area contributed by atoms with Gasteiger partial charge in [0.1, 0.15) is 6.54 Å². The maximum Gasteiger partial charge on any atom is 0.264 e. The van der Waals surface area contributed by atoms with Crippen molar-refractivity contribution < 1.29 is 13.2 Å². The van der Waals surface area contributed by atoms with Gasteiger partial charge in [-0.3, -0.25) is 9.10 Å². The normalized spacial score (nSPS) is 11.2. The van der Waals surface area contributed by atoms with Crippen molar-refractivity contribution in [3.8, 4) is 0 Å². The summed E-state index contributed by atoms with van der Waals surface area (Å²) in [6, 6.07) is 21.4. The zero-order valence-corrected chi connectivity index (χ0v) is 18.2. The molecule has 3 aromatic rings. The molecule has 0 fully saturated rings. The largest absolute Gasteiger partial charge is 0.350 e. The Labute approximate surface area is 178 Å². The van der Waals surface area contributed by atoms with Crippen LogP contribution in [0.25, 0.3) is 0 Å². The Kier molecular flexibility index (Phi) is 6.57. The summed E-state index contributed by atoms with van der Waals surface area (Å²) in [7, 11) is -3.89. The number of aryl methyl sites for hydroxylation is 3. The fourth-order valence-corrected chi connectivity index (χ4v) is 4.44. The molecule has 0 saturated heterocycles. The SMILES string of the molecule is Cc1ccc(CNC(=O)CN(c2ccc(C)c(C)c2)S(=O)(=O)c2ccccc2)cc1. The number of nitrogens with one attached hydrogen (secondary N) is 1. The van der Waals surface area contributed by atoms with E-state index in [1.54, 1.807) is 30.3 Å². The molecule has 0 unspecified atom stereocenters. The zero-order chi connectivity index (χ0) is 21.7. The van der Waals surface area contributed by atoms with Crippen LogP contribution < -0.4 is 9.62 Å². The first-order chi connectivity index (χ1) is 14.3. The Bertz CT molecular complexity index is 1120. The van der Waals surface area contributed by atoms with Crippen LogP contribution in [0.2, 0.25) is 0 Å². The molecule has 0 bridgehead atoms. The molecule has 30 heavy (non-hydrogen) atoms. The highest BCUT2D eigenvalue weighted by atomic mass is 32.2. The van der Waals surface area contributed by atoms with E-state index >= 15 is 0 Å². The molecule has 0 radical (unpaired) electrons. The molecule has 3 rings (SSSR count). The number of carbonyl (C=O) groups is 1. The van der Waals surface area contributed by atoms with E-state index in [1.807, 2.05) is 51.1 Å². The molecule has 156 valence electrons. The zero-order valence-electron chi connectivity index (χ0n) is 17.4. The van der Waals surface area contributed by atoms with E-state index in [0.717, 1.165) is 22.3 Å². The summed E-state index contributed by atoms with van der Waals surface area (Å²) in [6.07, 6.45) is 0. The van der Waals surface area contributed by atoms with Gasteiger partial charge >= 0.3 is 0 Å². The van der Waals surface area contributed by atoms with Gasteiger partial charge in [0.25, 0.3) is 10.0 Å². The van der Waals surface area contributed by atoms with Gasteiger partial charge in [0, 0.05) is 6.54 Å². The fraction of sp³-hybridized carbons (Fsp3) is 0.208. The molecule has 0 spiro atoms. The summed E-state index contributed by atoms with van der Waals surface area (Å²) in [5.41, 5.74) is 4.57. The smallest absolute Gasteiger partial charge is 0.264 e. The Morgan fingerprint density at radius 3 is 2.17 bits per heavy atom. The lowest BCUT2D eigenvalue weighted by Gasteiger charge is -2.25. The fourth-order valence-electron chi connectivity index (χ4n) is 3.01. The van der Waals surface area contributed by atoms with Gasteiger partial charge in [-0.25, -0.2) is 8.42 Å². The van der Waals surface area contributed by atoms with Gasteiger partial charge in [0.2, 0.25) is 5.91 Å². The molecule has 0 aliphatic rings. The van der Waals surface area contributed by atoms with Crippen molar-refractivity contribution in [2.24, 2.45) is 0 Å². The number of hydrogen-bond acceptors (Lipinski definition) is 3. The molecule has 6 heteroatoms. The summed E-state index contributed by atoms with van der Waals surface area (Å²) in [5, 5.41) is 2.82. The first-order valence-electron chi connectivity index (χ1n) is 9.74. The quantitative estimate of drug-likeness (QED) is 0.623. The Hall–Kier alpha value is -3.12. The minimum absolute atomic E-state index is 0.148. The average Bonchev–Trinajstić information content (AvgIpc) is 2.74. The standard InChI is InChI=1S/C24H26N2O3S/c1-18-9-12-21(13-10-18)16-25-24(27)17-26(22-14-11-19(2)20(3)15-22)30(28,29)23-7-5-4-6-8-23/h4-15H,16-17H2,1-3H3,(H,25,27). The number of sulfonamides is 1. The van der Waals surface area contributed by atoms with Gasteiger partial charge in [-0.1, -0.05) is 54.1 Å². The minimum atomic E-state index is -3.89. The Balaban J connectivity index is 1.86. The van der Waals surface area contributed by atoms with E-state index in [-0.39, 0.29) is 17.3 Å². The van der Waals surface area contributed by atoms with E-state index in [0.29, 0.717) is 12.2 Å². The van der Waals surface area contributed by atoms with Crippen LogP contribution in [0.15, 0.2) is 77.7 Å². The minimum Gasteiger partial charge on any atom is -0.350 e. The number of nitrogens with zero attached hydrogens (tertiary/aromatic N) is 1. The second-order valence-corrected chi connectivity index (χ2v) is 9.22. The number of hydrogen-bond donors (Lipinski definition) is 1. The number of rotatable bonds is 7. The highest BCUT2D eigenvalue weighted by molar-refractivity contribution is 7.92. The summed E-state index contributed by atoms with van der Waals surface area (Å²) in [6.45, 7) is 5.92. The van der Waals surface area contributed by atoms with Gasteiger partial charge in [0.05, 0.1) is 10.6 Å². The summed E-state index contributed by atoms with van der Waals surface area (Å²) in [5.74, 6) is -0.367. The van der Waals surface area contributed by atoms with Crippen LogP contribution in [-0.4, -0.2) is 20.9 Å². The number of amides is 1. The van der Waals surface area contributed by atoms with Gasteiger partial charge < -0.3 is 5.32 Å². The molecule has 0 aromatic heterocycles. The first kappa shape index (κ1) is 21.6. The van der Waals surface area contributed by atoms with Crippen LogP contribution in [0.3, 0.4) is 0 Å². The molecule has 1 amide bonds. The lowest BCUT2D eigenvalue weighted by Crippen LogP contribution is -2.40. The highest BCUT2D eigenvalue weighted by Crippen LogP contribution is 2.25. The van der Waals surface area contributed by atoms with Gasteiger partial charge in [-0.05, 0) is 61.7 Å². The third kappa shape index (κ3) is 5.07. The average molecular weight is 423 g/mol. The van der Waals surface area contributed by atoms with E-state index in [1.165, 1.54) is 16.4 Å². The van der Waals surface area contributed by atoms with Crippen molar-refractivity contribution in [1.82, 2.24) is 5.32 Å². The lowest BCUT2D eigenvalue weighted by molar-refractivity contribution is -0.119. The molecule has 5 nitrogen and oxygen atoms in total. The molecular formula is C24H26N2O3S. The van der Waals surface area contributed by atoms with Gasteiger partial charge in [-0.15, -0.1) is 0 Å². The van der Waals surface area contributed by atoms with Crippen LogP contribution in [0.5, 0.6) is 0 Å². The van der Waals surface area contributed by atoms with E-state index in [2.05, 4.69) is 5.32 Å². The molecular weight excluding hydrogens is 396 g/mol. The summed E-state index contributed by atoms with van der Waals surface area (Å²) in [4.78, 5) is 12.8. The van der Waals surface area contributed by atoms with Crippen molar-refractivity contribution in [3.63, 3.8) is 0 Å². The molecule has 1 N–H and O–H groups in total. The van der Waals surface area contributed by atoms with Crippen molar-refractivity contribution in [1.29, 1.82) is 0 Å². The molecule has 0 saturated carbocycles. The predicted molar refractivity (Wildman–Crippen MR) is 120 cm³/mol. The monoisotopic (exact) mass is 422 g/mol. The predicted octanol–water partition coefficient (Wildman–Crippen LogP) is 4.12. The topological polar surface area (TPSA) is 66.5 Å². The molecule has 0 heterocycles. The van der Waals surface area contributed by atoms with E-state index in [9.17, 15) is 13.2 Å². The Morgan fingerprint density at radius 2 is 1.53 bits per heavy atom. The second-order valence-electron chi connectivity index (χ2n) is 7.36. The second kappa shape index (κ2) is 9.13. The maximum absolute atomic E-state index is 13.3. The van der Waals surface area contributed by atoms with Crippen LogP contribution >= 0.6 is 0 Å². The van der Waals surface area contributed by atoms with Crippen molar-refractivity contribution in [2.45, 2.75) is 32.2 Å². The first-order valence-corrected chi connectivity index (χ1v) is 11.2. The highest BCUT2D eigenvalue weighted by Gasteiger charge is 2.27. The van der Waals surface area contributed by atoms with Crippen molar-refractivity contribution >= 4 is 21.6 Å². The molecule has 3 aromatic carbocycles. The van der Waals surface area contributed by atoms with Gasteiger partial charge in [0.15, 0.2) is 0 Å². The number of carbonyl (C=O) groups excluding carboxylic acids is 1. The maximum atomic E-state index is 13.3. The molecule has 0 aliphatic carbocycles. The van der Waals surface area contributed by atoms with Crippen molar-refractivity contribution in [3.05, 3.63) is 95.1 Å². The molecule has 0 aliphatic heterocycles. The summed E-state index contributed by atoms with van der Waals surface area (Å²) >= 11 is 0. The Morgan fingerprint density at radius 1 is 0.867 bits per heavy atom. The van der Waals surface area contributed by atoms with Crippen LogP contribution in [0.4, 0.5) is 5.69 Å². The van der Waals surface area contributed by atoms with Crippen LogP contribution in [0.1, 0.15) is 22.3 Å². The van der Waals surface area contributed by atoms with Gasteiger partial charge in [-0.2, -0.15) is 0 Å². The third-order valence-corrected chi connectivity index (χ3v) is 6.80.